The predicted octanol–water partition coefficient (Wildman–Crippen LogP) is 3.32. The molecule has 2 rings (SSSR count). The fraction of sp³-hybridized carbons (Fsp3) is 0.611. The van der Waals surface area contributed by atoms with Gasteiger partial charge in [0.15, 0.2) is 0 Å². The second-order valence-corrected chi connectivity index (χ2v) is 8.78. The molecule has 1 aromatic carbocycles. The van der Waals surface area contributed by atoms with Crippen LogP contribution < -0.4 is 14.9 Å². The van der Waals surface area contributed by atoms with E-state index in [0.717, 1.165) is 25.8 Å². The average Bonchev–Trinajstić information content (AvgIpc) is 2.61. The minimum atomic E-state index is -3.72. The Kier molecular flexibility index (Phi) is 7.32. The number of amides is 1. The molecule has 146 valence electrons. The lowest BCUT2D eigenvalue weighted by Crippen LogP contribution is -2.39. The van der Waals surface area contributed by atoms with E-state index in [4.69, 9.17) is 11.6 Å². The summed E-state index contributed by atoms with van der Waals surface area (Å²) in [6.45, 7) is 6.69. The summed E-state index contributed by atoms with van der Waals surface area (Å²) in [4.78, 5) is 13.9. The summed E-state index contributed by atoms with van der Waals surface area (Å²) in [7, 11) is -3.72. The molecule has 1 aliphatic rings. The molecule has 2 atom stereocenters. The first-order chi connectivity index (χ1) is 12.3. The lowest BCUT2D eigenvalue weighted by atomic mass is 10.0. The van der Waals surface area contributed by atoms with Gasteiger partial charge in [-0.15, -0.1) is 11.6 Å². The molecule has 26 heavy (non-hydrogen) atoms. The predicted molar refractivity (Wildman–Crippen MR) is 107 cm³/mol. The van der Waals surface area contributed by atoms with Gasteiger partial charge < -0.3 is 10.2 Å². The third-order valence-electron chi connectivity index (χ3n) is 4.74. The van der Waals surface area contributed by atoms with Crippen LogP contribution in [0.1, 0.15) is 46.5 Å². The Hall–Kier alpha value is -1.31. The number of sulfonamides is 1. The topological polar surface area (TPSA) is 78.5 Å². The van der Waals surface area contributed by atoms with E-state index in [2.05, 4.69) is 21.9 Å². The van der Waals surface area contributed by atoms with Gasteiger partial charge in [-0.05, 0) is 57.7 Å². The van der Waals surface area contributed by atoms with Crippen LogP contribution >= 0.6 is 11.6 Å². The maximum absolute atomic E-state index is 13.0. The minimum absolute atomic E-state index is 0.173. The Balaban J connectivity index is 2.47. The highest BCUT2D eigenvalue weighted by Gasteiger charge is 2.27. The highest BCUT2D eigenvalue weighted by Crippen LogP contribution is 2.33. The highest BCUT2D eigenvalue weighted by atomic mass is 35.5. The molecule has 0 saturated carbocycles. The van der Waals surface area contributed by atoms with Gasteiger partial charge in [0.2, 0.25) is 15.9 Å². The molecule has 0 aliphatic carbocycles. The zero-order valence-electron chi connectivity index (χ0n) is 15.6. The molecular weight excluding hydrogens is 374 g/mol. The standard InChI is InChI=1S/C18H28ClN3O3S/c1-4-13(2)21-26(24,25)17-11-15(20-18(23)12-19)8-9-16(17)22-10-6-5-7-14(22)3/h8-9,11,13-14,21H,4-7,10,12H2,1-3H3,(H,20,23)/t13-,14-/m1/s1. The first-order valence-corrected chi connectivity index (χ1v) is 11.1. The Labute approximate surface area is 161 Å². The monoisotopic (exact) mass is 401 g/mol. The molecule has 1 fully saturated rings. The van der Waals surface area contributed by atoms with Crippen LogP contribution in [0.3, 0.4) is 0 Å². The van der Waals surface area contributed by atoms with Crippen LogP contribution in [-0.2, 0) is 14.8 Å². The van der Waals surface area contributed by atoms with Crippen molar-refractivity contribution >= 4 is 38.9 Å². The molecule has 1 aromatic rings. The largest absolute Gasteiger partial charge is 0.368 e. The van der Waals surface area contributed by atoms with E-state index in [0.29, 0.717) is 17.8 Å². The highest BCUT2D eigenvalue weighted by molar-refractivity contribution is 7.89. The Morgan fingerprint density at radius 3 is 2.73 bits per heavy atom. The Morgan fingerprint density at radius 1 is 1.38 bits per heavy atom. The first-order valence-electron chi connectivity index (χ1n) is 9.07. The molecule has 0 unspecified atom stereocenters. The van der Waals surface area contributed by atoms with Gasteiger partial charge in [-0.25, -0.2) is 13.1 Å². The number of nitrogens with one attached hydrogen (secondary N) is 2. The molecule has 2 N–H and O–H groups in total. The van der Waals surface area contributed by atoms with Crippen molar-refractivity contribution in [2.24, 2.45) is 0 Å². The van der Waals surface area contributed by atoms with E-state index >= 15 is 0 Å². The third kappa shape index (κ3) is 5.11. The van der Waals surface area contributed by atoms with Crippen molar-refractivity contribution in [3.05, 3.63) is 18.2 Å². The molecule has 6 nitrogen and oxygen atoms in total. The maximum Gasteiger partial charge on any atom is 0.242 e. The number of hydrogen-bond donors (Lipinski definition) is 2. The Bertz CT molecular complexity index is 739. The zero-order valence-corrected chi connectivity index (χ0v) is 17.2. The molecule has 1 saturated heterocycles. The number of carbonyl (C=O) groups excluding carboxylic acids is 1. The number of carbonyl (C=O) groups is 1. The van der Waals surface area contributed by atoms with Crippen molar-refractivity contribution in [3.63, 3.8) is 0 Å². The number of rotatable bonds is 7. The fourth-order valence-corrected chi connectivity index (χ4v) is 4.74. The van der Waals surface area contributed by atoms with Crippen molar-refractivity contribution < 1.29 is 13.2 Å². The molecule has 0 aromatic heterocycles. The van der Waals surface area contributed by atoms with E-state index < -0.39 is 10.0 Å². The van der Waals surface area contributed by atoms with Gasteiger partial charge in [0.1, 0.15) is 10.8 Å². The summed E-state index contributed by atoms with van der Waals surface area (Å²) < 4.78 is 28.7. The number of benzene rings is 1. The quantitative estimate of drug-likeness (QED) is 0.687. The molecule has 0 bridgehead atoms. The van der Waals surface area contributed by atoms with Gasteiger partial charge in [-0.3, -0.25) is 4.79 Å². The van der Waals surface area contributed by atoms with Crippen LogP contribution in [0.25, 0.3) is 0 Å². The SMILES string of the molecule is CC[C@@H](C)NS(=O)(=O)c1cc(NC(=O)CCl)ccc1N1CCCC[C@H]1C. The molecule has 0 radical (unpaired) electrons. The normalized spacial score (nSPS) is 19.2. The molecule has 1 heterocycles. The number of piperidine rings is 1. The molecule has 1 amide bonds. The maximum atomic E-state index is 13.0. The van der Waals surface area contributed by atoms with Crippen LogP contribution in [0.4, 0.5) is 11.4 Å². The average molecular weight is 402 g/mol. The smallest absolute Gasteiger partial charge is 0.242 e. The first kappa shape index (κ1) is 21.0. The summed E-state index contributed by atoms with van der Waals surface area (Å²) in [5.74, 6) is -0.554. The van der Waals surface area contributed by atoms with E-state index in [1.807, 2.05) is 13.8 Å². The van der Waals surface area contributed by atoms with Crippen molar-refractivity contribution in [2.75, 3.05) is 22.6 Å². The fourth-order valence-electron chi connectivity index (χ4n) is 3.11. The second kappa shape index (κ2) is 9.06. The van der Waals surface area contributed by atoms with Crippen molar-refractivity contribution in [1.29, 1.82) is 0 Å². The Morgan fingerprint density at radius 2 is 2.12 bits per heavy atom. The number of hydrogen-bond acceptors (Lipinski definition) is 4. The number of anilines is 2. The van der Waals surface area contributed by atoms with Crippen LogP contribution in [0.2, 0.25) is 0 Å². The third-order valence-corrected chi connectivity index (χ3v) is 6.60. The summed E-state index contributed by atoms with van der Waals surface area (Å²) in [5.41, 5.74) is 1.10. The van der Waals surface area contributed by atoms with Gasteiger partial charge in [-0.2, -0.15) is 0 Å². The number of halogens is 1. The molecule has 0 spiro atoms. The van der Waals surface area contributed by atoms with Crippen LogP contribution in [0.15, 0.2) is 23.1 Å². The lowest BCUT2D eigenvalue weighted by molar-refractivity contribution is -0.113. The van der Waals surface area contributed by atoms with Crippen LogP contribution in [0.5, 0.6) is 0 Å². The minimum Gasteiger partial charge on any atom is -0.368 e. The summed E-state index contributed by atoms with van der Waals surface area (Å²) in [6.07, 6.45) is 3.91. The second-order valence-electron chi connectivity index (χ2n) is 6.83. The molecule has 8 heteroatoms. The van der Waals surface area contributed by atoms with E-state index in [1.54, 1.807) is 12.1 Å². The van der Waals surface area contributed by atoms with Gasteiger partial charge >= 0.3 is 0 Å². The zero-order chi connectivity index (χ0) is 19.3. The van der Waals surface area contributed by atoms with Crippen molar-refractivity contribution in [3.8, 4) is 0 Å². The van der Waals surface area contributed by atoms with Crippen LogP contribution in [0, 0.1) is 0 Å². The van der Waals surface area contributed by atoms with Gasteiger partial charge in [0.25, 0.3) is 0 Å². The summed E-state index contributed by atoms with van der Waals surface area (Å²) >= 11 is 5.54. The van der Waals surface area contributed by atoms with Crippen molar-refractivity contribution in [1.82, 2.24) is 4.72 Å². The van der Waals surface area contributed by atoms with Crippen molar-refractivity contribution in [2.45, 2.75) is 63.4 Å². The molecule has 1 aliphatic heterocycles. The van der Waals surface area contributed by atoms with E-state index in [1.165, 1.54) is 6.07 Å². The number of nitrogens with zero attached hydrogens (tertiary/aromatic N) is 1. The lowest BCUT2D eigenvalue weighted by Gasteiger charge is -2.36. The van der Waals surface area contributed by atoms with Gasteiger partial charge in [0.05, 0.1) is 5.69 Å². The number of alkyl halides is 1. The van der Waals surface area contributed by atoms with Gasteiger partial charge in [-0.1, -0.05) is 6.92 Å². The molecular formula is C18H28ClN3O3S. The summed E-state index contributed by atoms with van der Waals surface area (Å²) in [5, 5.41) is 2.63. The summed E-state index contributed by atoms with van der Waals surface area (Å²) in [6, 6.07) is 5.11. The van der Waals surface area contributed by atoms with E-state index in [9.17, 15) is 13.2 Å². The van der Waals surface area contributed by atoms with E-state index in [-0.39, 0.29) is 28.8 Å². The van der Waals surface area contributed by atoms with Crippen LogP contribution in [-0.4, -0.2) is 38.8 Å². The van der Waals surface area contributed by atoms with Gasteiger partial charge in [0, 0.05) is 24.3 Å².